The highest BCUT2D eigenvalue weighted by Gasteiger charge is 2.25. The highest BCUT2D eigenvalue weighted by molar-refractivity contribution is 5.13. The Labute approximate surface area is 122 Å². The number of likely N-dealkylation sites (tertiary alicyclic amines) is 1. The van der Waals surface area contributed by atoms with Gasteiger partial charge in [0.25, 0.3) is 0 Å². The SMILES string of the molecule is COc1cnc(OC2CCN(Cc3nncn3C)C2)nc1. The van der Waals surface area contributed by atoms with E-state index in [1.165, 1.54) is 0 Å². The van der Waals surface area contributed by atoms with Crippen LogP contribution in [0.3, 0.4) is 0 Å². The maximum Gasteiger partial charge on any atom is 0.316 e. The van der Waals surface area contributed by atoms with Gasteiger partial charge in [-0.2, -0.15) is 9.97 Å². The predicted molar refractivity (Wildman–Crippen MR) is 73.9 cm³/mol. The number of aryl methyl sites for hydroxylation is 1. The van der Waals surface area contributed by atoms with Crippen LogP contribution in [0.4, 0.5) is 0 Å². The van der Waals surface area contributed by atoms with E-state index in [-0.39, 0.29) is 6.10 Å². The minimum atomic E-state index is 0.103. The lowest BCUT2D eigenvalue weighted by atomic mass is 10.3. The van der Waals surface area contributed by atoms with E-state index in [0.29, 0.717) is 11.8 Å². The monoisotopic (exact) mass is 290 g/mol. The summed E-state index contributed by atoms with van der Waals surface area (Å²) < 4.78 is 12.7. The lowest BCUT2D eigenvalue weighted by Crippen LogP contribution is -2.26. The summed E-state index contributed by atoms with van der Waals surface area (Å²) in [6, 6.07) is 0.390. The van der Waals surface area contributed by atoms with Crippen molar-refractivity contribution in [2.24, 2.45) is 7.05 Å². The van der Waals surface area contributed by atoms with Crippen molar-refractivity contribution in [2.75, 3.05) is 20.2 Å². The molecule has 0 saturated carbocycles. The minimum absolute atomic E-state index is 0.103. The van der Waals surface area contributed by atoms with E-state index in [2.05, 4.69) is 25.1 Å². The zero-order chi connectivity index (χ0) is 14.7. The van der Waals surface area contributed by atoms with E-state index < -0.39 is 0 Å². The average molecular weight is 290 g/mol. The molecule has 0 aliphatic carbocycles. The lowest BCUT2D eigenvalue weighted by molar-refractivity contribution is 0.181. The zero-order valence-electron chi connectivity index (χ0n) is 12.1. The molecule has 3 rings (SSSR count). The van der Waals surface area contributed by atoms with E-state index in [0.717, 1.165) is 31.9 Å². The third-order valence-electron chi connectivity index (χ3n) is 3.51. The summed E-state index contributed by atoms with van der Waals surface area (Å²) in [5.74, 6) is 1.58. The number of methoxy groups -OCH3 is 1. The molecular formula is C13H18N6O2. The molecular weight excluding hydrogens is 272 g/mol. The normalized spacial score (nSPS) is 18.9. The lowest BCUT2D eigenvalue weighted by Gasteiger charge is -2.15. The fourth-order valence-corrected chi connectivity index (χ4v) is 2.31. The summed E-state index contributed by atoms with van der Waals surface area (Å²) >= 11 is 0. The standard InChI is InChI=1S/C13H18N6O2/c1-18-9-16-17-12(18)8-19-4-3-10(7-19)21-13-14-5-11(20-2)6-15-13/h5-6,9-10H,3-4,7-8H2,1-2H3. The van der Waals surface area contributed by atoms with Crippen LogP contribution in [0.15, 0.2) is 18.7 Å². The van der Waals surface area contributed by atoms with Crippen LogP contribution in [-0.4, -0.2) is 55.9 Å². The van der Waals surface area contributed by atoms with Crippen LogP contribution in [0.5, 0.6) is 11.8 Å². The Morgan fingerprint density at radius 3 is 2.81 bits per heavy atom. The molecule has 3 heterocycles. The van der Waals surface area contributed by atoms with E-state index in [9.17, 15) is 0 Å². The average Bonchev–Trinajstić information content (AvgIpc) is 3.10. The van der Waals surface area contributed by atoms with Crippen molar-refractivity contribution in [2.45, 2.75) is 19.1 Å². The molecule has 1 atom stereocenters. The smallest absolute Gasteiger partial charge is 0.316 e. The van der Waals surface area contributed by atoms with Gasteiger partial charge in [-0.15, -0.1) is 10.2 Å². The summed E-state index contributed by atoms with van der Waals surface area (Å²) in [5, 5.41) is 7.99. The first-order valence-electron chi connectivity index (χ1n) is 6.82. The van der Waals surface area contributed by atoms with E-state index in [1.807, 2.05) is 11.6 Å². The molecule has 21 heavy (non-hydrogen) atoms. The topological polar surface area (TPSA) is 78.2 Å². The molecule has 2 aromatic heterocycles. The molecule has 8 nitrogen and oxygen atoms in total. The molecule has 0 radical (unpaired) electrons. The van der Waals surface area contributed by atoms with Crippen LogP contribution >= 0.6 is 0 Å². The largest absolute Gasteiger partial charge is 0.494 e. The van der Waals surface area contributed by atoms with Gasteiger partial charge in [0.05, 0.1) is 26.0 Å². The van der Waals surface area contributed by atoms with E-state index in [1.54, 1.807) is 25.8 Å². The van der Waals surface area contributed by atoms with Gasteiger partial charge in [0.15, 0.2) is 5.75 Å². The Bertz CT molecular complexity index is 585. The third kappa shape index (κ3) is 3.27. The van der Waals surface area contributed by atoms with E-state index >= 15 is 0 Å². The third-order valence-corrected chi connectivity index (χ3v) is 3.51. The summed E-state index contributed by atoms with van der Waals surface area (Å²) in [6.45, 7) is 2.58. The second-order valence-electron chi connectivity index (χ2n) is 5.03. The molecule has 0 spiro atoms. The van der Waals surface area contributed by atoms with Gasteiger partial charge in [-0.05, 0) is 6.42 Å². The van der Waals surface area contributed by atoms with Crippen molar-refractivity contribution in [1.82, 2.24) is 29.6 Å². The first-order chi connectivity index (χ1) is 10.2. The maximum absolute atomic E-state index is 5.79. The number of rotatable bonds is 5. The van der Waals surface area contributed by atoms with Crippen LogP contribution in [0, 0.1) is 0 Å². The predicted octanol–water partition coefficient (Wildman–Crippen LogP) is 0.267. The summed E-state index contributed by atoms with van der Waals surface area (Å²) in [7, 11) is 3.53. The molecule has 1 saturated heterocycles. The van der Waals surface area contributed by atoms with Gasteiger partial charge in [0.2, 0.25) is 0 Å². The number of nitrogens with zero attached hydrogens (tertiary/aromatic N) is 6. The first-order valence-corrected chi connectivity index (χ1v) is 6.82. The molecule has 1 fully saturated rings. The molecule has 2 aromatic rings. The number of ether oxygens (including phenoxy) is 2. The second-order valence-corrected chi connectivity index (χ2v) is 5.03. The van der Waals surface area contributed by atoms with Crippen molar-refractivity contribution in [1.29, 1.82) is 0 Å². The first kappa shape index (κ1) is 13.7. The molecule has 8 heteroatoms. The molecule has 0 aromatic carbocycles. The molecule has 1 aliphatic rings. The van der Waals surface area contributed by atoms with Crippen LogP contribution < -0.4 is 9.47 Å². The Kier molecular flexibility index (Phi) is 3.96. The minimum Gasteiger partial charge on any atom is -0.494 e. The van der Waals surface area contributed by atoms with Crippen molar-refractivity contribution >= 4 is 0 Å². The fraction of sp³-hybridized carbons (Fsp3) is 0.538. The highest BCUT2D eigenvalue weighted by atomic mass is 16.5. The molecule has 0 amide bonds. The van der Waals surface area contributed by atoms with Crippen LogP contribution in [0.2, 0.25) is 0 Å². The van der Waals surface area contributed by atoms with Gasteiger partial charge in [-0.3, -0.25) is 4.90 Å². The van der Waals surface area contributed by atoms with Crippen LogP contribution in [-0.2, 0) is 13.6 Å². The van der Waals surface area contributed by atoms with Crippen LogP contribution in [0.25, 0.3) is 0 Å². The number of hydrogen-bond donors (Lipinski definition) is 0. The number of hydrogen-bond acceptors (Lipinski definition) is 7. The molecule has 0 bridgehead atoms. The van der Waals surface area contributed by atoms with Gasteiger partial charge < -0.3 is 14.0 Å². The highest BCUT2D eigenvalue weighted by Crippen LogP contribution is 2.17. The summed E-state index contributed by atoms with van der Waals surface area (Å²) in [5.41, 5.74) is 0. The quantitative estimate of drug-likeness (QED) is 0.782. The van der Waals surface area contributed by atoms with Crippen LogP contribution in [0.1, 0.15) is 12.2 Å². The Morgan fingerprint density at radius 1 is 1.33 bits per heavy atom. The van der Waals surface area contributed by atoms with Crippen molar-refractivity contribution in [3.8, 4) is 11.8 Å². The van der Waals surface area contributed by atoms with Gasteiger partial charge in [-0.1, -0.05) is 0 Å². The Morgan fingerprint density at radius 2 is 2.14 bits per heavy atom. The Balaban J connectivity index is 1.53. The fourth-order valence-electron chi connectivity index (χ4n) is 2.31. The second kappa shape index (κ2) is 6.04. The maximum atomic E-state index is 5.79. The molecule has 1 aliphatic heterocycles. The summed E-state index contributed by atoms with van der Waals surface area (Å²) in [4.78, 5) is 10.5. The van der Waals surface area contributed by atoms with E-state index in [4.69, 9.17) is 9.47 Å². The van der Waals surface area contributed by atoms with Crippen molar-refractivity contribution in [3.63, 3.8) is 0 Å². The number of aromatic nitrogens is 5. The van der Waals surface area contributed by atoms with Gasteiger partial charge in [-0.25, -0.2) is 0 Å². The van der Waals surface area contributed by atoms with Gasteiger partial charge >= 0.3 is 6.01 Å². The summed E-state index contributed by atoms with van der Waals surface area (Å²) in [6.07, 6.45) is 5.98. The molecule has 1 unspecified atom stereocenters. The van der Waals surface area contributed by atoms with Crippen molar-refractivity contribution < 1.29 is 9.47 Å². The van der Waals surface area contributed by atoms with Gasteiger partial charge in [0, 0.05) is 20.1 Å². The van der Waals surface area contributed by atoms with Crippen molar-refractivity contribution in [3.05, 3.63) is 24.5 Å². The molecule has 0 N–H and O–H groups in total. The van der Waals surface area contributed by atoms with Gasteiger partial charge in [0.1, 0.15) is 18.3 Å². The Hall–Kier alpha value is -2.22. The molecule has 112 valence electrons. The zero-order valence-corrected chi connectivity index (χ0v) is 12.1.